The van der Waals surface area contributed by atoms with Crippen LogP contribution >= 0.6 is 0 Å². The number of aliphatic hydroxyl groups is 1. The van der Waals surface area contributed by atoms with Crippen molar-refractivity contribution in [3.63, 3.8) is 0 Å². The maximum Gasteiger partial charge on any atom is 0.221 e. The summed E-state index contributed by atoms with van der Waals surface area (Å²) < 4.78 is 4.98. The highest BCUT2D eigenvalue weighted by molar-refractivity contribution is 5.88. The van der Waals surface area contributed by atoms with E-state index in [0.29, 0.717) is 6.61 Å². The molecule has 20 heavy (non-hydrogen) atoms. The van der Waals surface area contributed by atoms with Gasteiger partial charge in [0.15, 0.2) is 0 Å². The van der Waals surface area contributed by atoms with Crippen LogP contribution in [0.3, 0.4) is 0 Å². The third kappa shape index (κ3) is 5.69. The van der Waals surface area contributed by atoms with Gasteiger partial charge in [-0.3, -0.25) is 4.79 Å². The molecule has 3 N–H and O–H groups in total. The summed E-state index contributed by atoms with van der Waals surface area (Å²) in [4.78, 5) is 10.9. The van der Waals surface area contributed by atoms with E-state index in [-0.39, 0.29) is 11.9 Å². The van der Waals surface area contributed by atoms with Crippen LogP contribution in [0.5, 0.6) is 0 Å². The fourth-order valence-electron chi connectivity index (χ4n) is 1.91. The molecule has 2 atom stereocenters. The second-order valence-electron chi connectivity index (χ2n) is 4.84. The summed E-state index contributed by atoms with van der Waals surface area (Å²) in [5.74, 6) is -0.105. The van der Waals surface area contributed by atoms with Crippen LogP contribution in [0.2, 0.25) is 0 Å². The van der Waals surface area contributed by atoms with Gasteiger partial charge in [0.25, 0.3) is 0 Å². The topological polar surface area (TPSA) is 70.6 Å². The first-order chi connectivity index (χ1) is 9.54. The number of hydrogen-bond acceptors (Lipinski definition) is 4. The second kappa shape index (κ2) is 8.68. The summed E-state index contributed by atoms with van der Waals surface area (Å²) in [6.45, 7) is 4.92. The van der Waals surface area contributed by atoms with Crippen LogP contribution in [-0.4, -0.2) is 37.3 Å². The van der Waals surface area contributed by atoms with E-state index in [1.54, 1.807) is 19.2 Å². The van der Waals surface area contributed by atoms with Crippen molar-refractivity contribution < 1.29 is 14.6 Å². The molecule has 0 aromatic heterocycles. The molecule has 2 unspecified atom stereocenters. The number of benzene rings is 1. The van der Waals surface area contributed by atoms with E-state index < -0.39 is 6.10 Å². The first kappa shape index (κ1) is 16.6. The number of nitrogens with one attached hydrogen (secondary N) is 2. The lowest BCUT2D eigenvalue weighted by Gasteiger charge is -2.21. The number of rotatable bonds is 8. The summed E-state index contributed by atoms with van der Waals surface area (Å²) in [5.41, 5.74) is 1.56. The minimum Gasteiger partial charge on any atom is -0.387 e. The van der Waals surface area contributed by atoms with Crippen LogP contribution in [-0.2, 0) is 9.53 Å². The predicted molar refractivity (Wildman–Crippen MR) is 79.7 cm³/mol. The molecular weight excluding hydrogens is 256 g/mol. The van der Waals surface area contributed by atoms with Gasteiger partial charge in [-0.15, -0.1) is 0 Å². The Morgan fingerprint density at radius 1 is 1.35 bits per heavy atom. The van der Waals surface area contributed by atoms with E-state index in [4.69, 9.17) is 4.74 Å². The Balaban J connectivity index is 2.49. The maximum atomic E-state index is 10.9. The highest BCUT2D eigenvalue weighted by atomic mass is 16.5. The highest BCUT2D eigenvalue weighted by Gasteiger charge is 2.15. The Kier molecular flexibility index (Phi) is 7.22. The largest absolute Gasteiger partial charge is 0.387 e. The predicted octanol–water partition coefficient (Wildman–Crippen LogP) is 1.69. The van der Waals surface area contributed by atoms with Crippen molar-refractivity contribution in [2.75, 3.05) is 25.6 Å². The van der Waals surface area contributed by atoms with Crippen LogP contribution in [0, 0.1) is 0 Å². The SMILES string of the molecule is COCCCNC(C)C(O)c1ccc(NC(C)=O)cc1. The van der Waals surface area contributed by atoms with Crippen molar-refractivity contribution in [1.29, 1.82) is 0 Å². The fourth-order valence-corrected chi connectivity index (χ4v) is 1.91. The van der Waals surface area contributed by atoms with Crippen LogP contribution in [0.25, 0.3) is 0 Å². The third-order valence-corrected chi connectivity index (χ3v) is 3.04. The molecule has 0 aliphatic carbocycles. The number of hydrogen-bond donors (Lipinski definition) is 3. The van der Waals surface area contributed by atoms with E-state index in [0.717, 1.165) is 24.2 Å². The van der Waals surface area contributed by atoms with E-state index in [1.807, 2.05) is 19.1 Å². The number of carbonyl (C=O) groups is 1. The first-order valence-electron chi connectivity index (χ1n) is 6.82. The Morgan fingerprint density at radius 2 is 2.00 bits per heavy atom. The summed E-state index contributed by atoms with van der Waals surface area (Å²) in [5, 5.41) is 16.2. The van der Waals surface area contributed by atoms with Crippen molar-refractivity contribution >= 4 is 11.6 Å². The van der Waals surface area contributed by atoms with Gasteiger partial charge in [-0.25, -0.2) is 0 Å². The first-order valence-corrected chi connectivity index (χ1v) is 6.82. The third-order valence-electron chi connectivity index (χ3n) is 3.04. The Bertz CT molecular complexity index is 406. The molecule has 1 rings (SSSR count). The Labute approximate surface area is 120 Å². The van der Waals surface area contributed by atoms with Gasteiger partial charge in [0.05, 0.1) is 6.10 Å². The summed E-state index contributed by atoms with van der Waals surface area (Å²) in [6, 6.07) is 7.18. The molecule has 0 radical (unpaired) electrons. The highest BCUT2D eigenvalue weighted by Crippen LogP contribution is 2.19. The average Bonchev–Trinajstić information content (AvgIpc) is 2.43. The van der Waals surface area contributed by atoms with E-state index in [1.165, 1.54) is 6.92 Å². The van der Waals surface area contributed by atoms with E-state index in [9.17, 15) is 9.90 Å². The summed E-state index contributed by atoms with van der Waals surface area (Å²) >= 11 is 0. The standard InChI is InChI=1S/C15H24N2O3/c1-11(16-9-4-10-20-3)15(19)13-5-7-14(8-6-13)17-12(2)18/h5-8,11,15-16,19H,4,9-10H2,1-3H3,(H,17,18). The molecular formula is C15H24N2O3. The van der Waals surface area contributed by atoms with Gasteiger partial charge in [0.1, 0.15) is 0 Å². The average molecular weight is 280 g/mol. The van der Waals surface area contributed by atoms with Crippen LogP contribution in [0.4, 0.5) is 5.69 Å². The fraction of sp³-hybridized carbons (Fsp3) is 0.533. The number of methoxy groups -OCH3 is 1. The van der Waals surface area contributed by atoms with Crippen molar-refractivity contribution in [1.82, 2.24) is 5.32 Å². The molecule has 0 spiro atoms. The Morgan fingerprint density at radius 3 is 2.55 bits per heavy atom. The zero-order chi connectivity index (χ0) is 15.0. The molecule has 1 amide bonds. The van der Waals surface area contributed by atoms with E-state index >= 15 is 0 Å². The summed E-state index contributed by atoms with van der Waals surface area (Å²) in [7, 11) is 1.68. The lowest BCUT2D eigenvalue weighted by atomic mass is 10.0. The van der Waals surface area contributed by atoms with Gasteiger partial charge >= 0.3 is 0 Å². The lowest BCUT2D eigenvalue weighted by molar-refractivity contribution is -0.114. The minimum absolute atomic E-state index is 0.0431. The molecule has 112 valence electrons. The molecule has 1 aromatic rings. The number of carbonyl (C=O) groups excluding carboxylic acids is 1. The van der Waals surface area contributed by atoms with E-state index in [2.05, 4.69) is 10.6 Å². The normalized spacial score (nSPS) is 13.8. The molecule has 5 nitrogen and oxygen atoms in total. The number of anilines is 1. The van der Waals surface area contributed by atoms with Crippen molar-refractivity contribution in [2.45, 2.75) is 32.4 Å². The summed E-state index contributed by atoms with van der Waals surface area (Å²) in [6.07, 6.45) is 0.332. The molecule has 0 aliphatic heterocycles. The van der Waals surface area contributed by atoms with Gasteiger partial charge in [-0.05, 0) is 37.6 Å². The van der Waals surface area contributed by atoms with Crippen LogP contribution < -0.4 is 10.6 Å². The van der Waals surface area contributed by atoms with Crippen molar-refractivity contribution in [3.05, 3.63) is 29.8 Å². The van der Waals surface area contributed by atoms with Crippen LogP contribution in [0.15, 0.2) is 24.3 Å². The van der Waals surface area contributed by atoms with Crippen molar-refractivity contribution in [2.24, 2.45) is 0 Å². The van der Waals surface area contributed by atoms with Gasteiger partial charge in [-0.1, -0.05) is 12.1 Å². The van der Waals surface area contributed by atoms with Crippen LogP contribution in [0.1, 0.15) is 31.9 Å². The number of aliphatic hydroxyl groups excluding tert-OH is 1. The maximum absolute atomic E-state index is 10.9. The quantitative estimate of drug-likeness (QED) is 0.634. The van der Waals surface area contributed by atoms with Gasteiger partial charge < -0.3 is 20.5 Å². The zero-order valence-corrected chi connectivity index (χ0v) is 12.3. The monoisotopic (exact) mass is 280 g/mol. The van der Waals surface area contributed by atoms with Gasteiger partial charge in [-0.2, -0.15) is 0 Å². The molecule has 0 aliphatic rings. The molecule has 0 fully saturated rings. The minimum atomic E-state index is -0.580. The lowest BCUT2D eigenvalue weighted by Crippen LogP contribution is -2.33. The number of ether oxygens (including phenoxy) is 1. The molecule has 5 heteroatoms. The smallest absolute Gasteiger partial charge is 0.221 e. The Hall–Kier alpha value is -1.43. The second-order valence-corrected chi connectivity index (χ2v) is 4.84. The number of amides is 1. The van der Waals surface area contributed by atoms with Gasteiger partial charge in [0, 0.05) is 32.4 Å². The molecule has 1 aromatic carbocycles. The van der Waals surface area contributed by atoms with Crippen molar-refractivity contribution in [3.8, 4) is 0 Å². The molecule has 0 bridgehead atoms. The molecule has 0 heterocycles. The van der Waals surface area contributed by atoms with Gasteiger partial charge in [0.2, 0.25) is 5.91 Å². The zero-order valence-electron chi connectivity index (χ0n) is 12.3. The molecule has 0 saturated carbocycles. The molecule has 0 saturated heterocycles.